The van der Waals surface area contributed by atoms with Crippen molar-refractivity contribution in [3.05, 3.63) is 0 Å². The summed E-state index contributed by atoms with van der Waals surface area (Å²) in [5.41, 5.74) is 0. The minimum atomic E-state index is 0.237. The Morgan fingerprint density at radius 2 is 1.06 bits per heavy atom. The third kappa shape index (κ3) is 10.00. The van der Waals surface area contributed by atoms with E-state index in [9.17, 15) is 0 Å². The first-order valence-electron chi connectivity index (χ1n) is 7.26. The van der Waals surface area contributed by atoms with E-state index in [0.717, 1.165) is 25.0 Å². The highest BCUT2D eigenvalue weighted by atomic mass is 31.1. The molecule has 0 aliphatic rings. The predicted molar refractivity (Wildman–Crippen MR) is 77.6 cm³/mol. The molecule has 0 saturated heterocycles. The molecule has 0 unspecified atom stereocenters. The lowest BCUT2D eigenvalue weighted by Gasteiger charge is -2.13. The zero-order valence-corrected chi connectivity index (χ0v) is 13.1. The van der Waals surface area contributed by atoms with Gasteiger partial charge in [0.15, 0.2) is 9.03 Å². The second-order valence-corrected chi connectivity index (χ2v) is 5.47. The van der Waals surface area contributed by atoms with Crippen LogP contribution in [0.5, 0.6) is 0 Å². The Morgan fingerprint density at radius 1 is 0.706 bits per heavy atom. The van der Waals surface area contributed by atoms with E-state index >= 15 is 0 Å². The largest absolute Gasteiger partial charge is 0.336 e. The van der Waals surface area contributed by atoms with Crippen LogP contribution in [0.1, 0.15) is 66.2 Å². The molecule has 17 heavy (non-hydrogen) atoms. The van der Waals surface area contributed by atoms with Gasteiger partial charge in [-0.15, -0.1) is 0 Å². The van der Waals surface area contributed by atoms with Gasteiger partial charge in [0.05, 0.1) is 13.2 Å². The zero-order chi connectivity index (χ0) is 12.9. The summed E-state index contributed by atoms with van der Waals surface area (Å²) in [6.45, 7) is 10.7. The van der Waals surface area contributed by atoms with Crippen LogP contribution >= 0.6 is 9.03 Å². The first-order valence-corrected chi connectivity index (χ1v) is 8.08. The van der Waals surface area contributed by atoms with Crippen molar-refractivity contribution in [1.82, 2.24) is 0 Å². The molecule has 0 N–H and O–H groups in total. The fourth-order valence-corrected chi connectivity index (χ4v) is 2.46. The molecule has 0 amide bonds. The summed E-state index contributed by atoms with van der Waals surface area (Å²) < 4.78 is 11.0. The van der Waals surface area contributed by atoms with Crippen molar-refractivity contribution in [2.75, 3.05) is 13.2 Å². The van der Waals surface area contributed by atoms with Gasteiger partial charge in [-0.05, 0) is 24.7 Å². The van der Waals surface area contributed by atoms with E-state index in [2.05, 4.69) is 27.7 Å². The van der Waals surface area contributed by atoms with Crippen molar-refractivity contribution < 1.29 is 9.05 Å². The maximum atomic E-state index is 5.52. The van der Waals surface area contributed by atoms with Gasteiger partial charge >= 0.3 is 0 Å². The lowest BCUT2D eigenvalue weighted by atomic mass is 10.0. The van der Waals surface area contributed by atoms with Crippen LogP contribution in [-0.4, -0.2) is 13.2 Å². The smallest absolute Gasteiger partial charge is 0.155 e. The van der Waals surface area contributed by atoms with Crippen molar-refractivity contribution >= 4 is 9.03 Å². The lowest BCUT2D eigenvalue weighted by molar-refractivity contribution is 0.230. The molecule has 0 aromatic rings. The van der Waals surface area contributed by atoms with Gasteiger partial charge < -0.3 is 9.05 Å². The van der Waals surface area contributed by atoms with Crippen molar-refractivity contribution in [3.63, 3.8) is 0 Å². The summed E-state index contributed by atoms with van der Waals surface area (Å²) in [6.07, 6.45) is 7.40. The maximum absolute atomic E-state index is 5.52. The van der Waals surface area contributed by atoms with Gasteiger partial charge in [0, 0.05) is 0 Å². The Hall–Kier alpha value is 0.350. The van der Waals surface area contributed by atoms with Crippen LogP contribution in [0.4, 0.5) is 0 Å². The second kappa shape index (κ2) is 12.8. The zero-order valence-electron chi connectivity index (χ0n) is 12.1. The summed E-state index contributed by atoms with van der Waals surface area (Å²) in [5.74, 6) is 1.65. The highest BCUT2D eigenvalue weighted by Crippen LogP contribution is 2.20. The summed E-state index contributed by atoms with van der Waals surface area (Å²) in [4.78, 5) is 0. The Bertz CT molecular complexity index is 129. The van der Waals surface area contributed by atoms with Crippen molar-refractivity contribution in [2.45, 2.75) is 66.2 Å². The summed E-state index contributed by atoms with van der Waals surface area (Å²) in [6, 6.07) is 0. The first kappa shape index (κ1) is 17.4. The van der Waals surface area contributed by atoms with E-state index in [0.29, 0.717) is 0 Å². The molecule has 0 saturated carbocycles. The van der Waals surface area contributed by atoms with Crippen LogP contribution in [0, 0.1) is 11.8 Å². The number of hydrogen-bond donors (Lipinski definition) is 0. The van der Waals surface area contributed by atoms with Crippen LogP contribution < -0.4 is 0 Å². The Morgan fingerprint density at radius 3 is 1.35 bits per heavy atom. The average molecular weight is 262 g/mol. The van der Waals surface area contributed by atoms with Crippen molar-refractivity contribution in [2.24, 2.45) is 11.8 Å². The molecule has 0 radical (unpaired) electrons. The fraction of sp³-hybridized carbons (Fsp3) is 1.00. The first-order chi connectivity index (χ1) is 8.28. The van der Waals surface area contributed by atoms with E-state index in [1.54, 1.807) is 0 Å². The summed E-state index contributed by atoms with van der Waals surface area (Å²) in [5, 5.41) is 0. The Labute approximate surface area is 110 Å². The molecule has 0 spiro atoms. The minimum Gasteiger partial charge on any atom is -0.336 e. The predicted octanol–water partition coefficient (Wildman–Crippen LogP) is 5.18. The van der Waals surface area contributed by atoms with E-state index in [4.69, 9.17) is 9.05 Å². The van der Waals surface area contributed by atoms with Crippen LogP contribution in [-0.2, 0) is 9.05 Å². The van der Waals surface area contributed by atoms with E-state index in [-0.39, 0.29) is 9.03 Å². The third-order valence-electron chi connectivity index (χ3n) is 3.68. The molecular formula is C14H31O2P. The van der Waals surface area contributed by atoms with Gasteiger partial charge in [-0.3, -0.25) is 0 Å². The van der Waals surface area contributed by atoms with Crippen LogP contribution in [0.15, 0.2) is 0 Å². The van der Waals surface area contributed by atoms with E-state index in [1.807, 2.05) is 0 Å². The van der Waals surface area contributed by atoms with Gasteiger partial charge in [-0.2, -0.15) is 0 Å². The monoisotopic (exact) mass is 262 g/mol. The van der Waals surface area contributed by atoms with Crippen molar-refractivity contribution in [3.8, 4) is 0 Å². The van der Waals surface area contributed by atoms with E-state index < -0.39 is 0 Å². The fourth-order valence-electron chi connectivity index (χ4n) is 1.97. The molecule has 104 valence electrons. The average Bonchev–Trinajstić information content (AvgIpc) is 2.37. The molecule has 0 aromatic carbocycles. The van der Waals surface area contributed by atoms with Gasteiger partial charge in [0.2, 0.25) is 0 Å². The quantitative estimate of drug-likeness (QED) is 0.356. The highest BCUT2D eigenvalue weighted by Gasteiger charge is 2.04. The highest BCUT2D eigenvalue weighted by molar-refractivity contribution is 7.26. The molecule has 0 aliphatic heterocycles. The molecule has 0 atom stereocenters. The molecule has 0 bridgehead atoms. The van der Waals surface area contributed by atoms with Crippen LogP contribution in [0.25, 0.3) is 0 Å². The second-order valence-electron chi connectivity index (χ2n) is 4.72. The summed E-state index contributed by atoms with van der Waals surface area (Å²) in [7, 11) is 0.237. The number of rotatable bonds is 12. The van der Waals surface area contributed by atoms with Crippen LogP contribution in [0.3, 0.4) is 0 Å². The topological polar surface area (TPSA) is 18.5 Å². The van der Waals surface area contributed by atoms with Crippen molar-refractivity contribution in [1.29, 1.82) is 0 Å². The summed E-state index contributed by atoms with van der Waals surface area (Å²) >= 11 is 0. The van der Waals surface area contributed by atoms with Gasteiger partial charge in [-0.25, -0.2) is 0 Å². The maximum Gasteiger partial charge on any atom is 0.155 e. The molecule has 0 aromatic heterocycles. The van der Waals surface area contributed by atoms with Gasteiger partial charge in [0.25, 0.3) is 0 Å². The molecule has 0 aliphatic carbocycles. The Kier molecular flexibility index (Phi) is 13.1. The SMILES string of the molecule is CCC(CC)CCOPOCCC(CC)CC. The standard InChI is InChI=1S/C14H31O2P/c1-5-13(6-2)9-11-15-17-16-12-10-14(7-3)8-4/h13-14,17H,5-12H2,1-4H3. The van der Waals surface area contributed by atoms with Crippen LogP contribution in [0.2, 0.25) is 0 Å². The molecule has 0 rings (SSSR count). The minimum absolute atomic E-state index is 0.237. The van der Waals surface area contributed by atoms with Gasteiger partial charge in [-0.1, -0.05) is 53.4 Å². The van der Waals surface area contributed by atoms with Gasteiger partial charge in [0.1, 0.15) is 0 Å². The molecular weight excluding hydrogens is 231 g/mol. The van der Waals surface area contributed by atoms with E-state index in [1.165, 1.54) is 38.5 Å². The number of hydrogen-bond acceptors (Lipinski definition) is 2. The normalized spacial score (nSPS) is 11.6. The Balaban J connectivity index is 3.23. The molecule has 3 heteroatoms. The molecule has 0 fully saturated rings. The lowest BCUT2D eigenvalue weighted by Crippen LogP contribution is -2.02. The molecule has 2 nitrogen and oxygen atoms in total. The molecule has 0 heterocycles. The third-order valence-corrected chi connectivity index (χ3v) is 4.33.